The molecule has 0 unspecified atom stereocenters. The van der Waals surface area contributed by atoms with E-state index in [2.05, 4.69) is 9.97 Å². The number of para-hydroxylation sites is 1. The Bertz CT molecular complexity index is 1460. The SMILES string of the molecule is CCN(Cc1nc2cc(OC)c(OC)cc2c(=O)[nH]1)C(=O)c1nn(-c2ccccc2)c2c1CCC2. The lowest BCUT2D eigenvalue weighted by atomic mass is 10.1. The molecule has 0 spiro atoms. The van der Waals surface area contributed by atoms with Crippen LogP contribution in [0.1, 0.15) is 40.9 Å². The molecule has 180 valence electrons. The van der Waals surface area contributed by atoms with Crippen molar-refractivity contribution in [2.24, 2.45) is 0 Å². The molecule has 1 aliphatic rings. The van der Waals surface area contributed by atoms with Crippen LogP contribution in [0.25, 0.3) is 16.6 Å². The first-order valence-corrected chi connectivity index (χ1v) is 11.6. The van der Waals surface area contributed by atoms with Crippen LogP contribution in [0, 0.1) is 0 Å². The van der Waals surface area contributed by atoms with Crippen molar-refractivity contribution in [3.63, 3.8) is 0 Å². The van der Waals surface area contributed by atoms with Gasteiger partial charge in [-0.2, -0.15) is 5.10 Å². The van der Waals surface area contributed by atoms with E-state index in [0.717, 1.165) is 36.2 Å². The topological polar surface area (TPSA) is 102 Å². The summed E-state index contributed by atoms with van der Waals surface area (Å²) >= 11 is 0. The molecule has 1 aliphatic carbocycles. The number of carbonyl (C=O) groups excluding carboxylic acids is 1. The van der Waals surface area contributed by atoms with Gasteiger partial charge in [0, 0.05) is 23.9 Å². The Balaban J connectivity index is 1.48. The van der Waals surface area contributed by atoms with E-state index < -0.39 is 0 Å². The first-order valence-electron chi connectivity index (χ1n) is 11.6. The summed E-state index contributed by atoms with van der Waals surface area (Å²) in [7, 11) is 3.04. The lowest BCUT2D eigenvalue weighted by Gasteiger charge is -2.20. The van der Waals surface area contributed by atoms with E-state index >= 15 is 0 Å². The van der Waals surface area contributed by atoms with Crippen LogP contribution in [0.2, 0.25) is 0 Å². The molecule has 0 fully saturated rings. The number of benzene rings is 2. The number of hydrogen-bond donors (Lipinski definition) is 1. The van der Waals surface area contributed by atoms with E-state index in [1.807, 2.05) is 41.9 Å². The van der Waals surface area contributed by atoms with Gasteiger partial charge in [0.2, 0.25) is 0 Å². The van der Waals surface area contributed by atoms with Crippen LogP contribution in [0.4, 0.5) is 0 Å². The van der Waals surface area contributed by atoms with Gasteiger partial charge < -0.3 is 19.4 Å². The zero-order valence-electron chi connectivity index (χ0n) is 20.0. The van der Waals surface area contributed by atoms with Crippen molar-refractivity contribution >= 4 is 16.8 Å². The molecule has 0 bridgehead atoms. The fraction of sp³-hybridized carbons (Fsp3) is 0.308. The molecule has 0 aliphatic heterocycles. The molecule has 9 heteroatoms. The van der Waals surface area contributed by atoms with Crippen LogP contribution in [-0.2, 0) is 19.4 Å². The highest BCUT2D eigenvalue weighted by molar-refractivity contribution is 5.94. The highest BCUT2D eigenvalue weighted by Crippen LogP contribution is 2.31. The average molecular weight is 474 g/mol. The van der Waals surface area contributed by atoms with Crippen LogP contribution in [-0.4, -0.2) is 51.3 Å². The van der Waals surface area contributed by atoms with E-state index in [1.54, 1.807) is 17.0 Å². The van der Waals surface area contributed by atoms with Crippen LogP contribution < -0.4 is 15.0 Å². The number of hydrogen-bond acceptors (Lipinski definition) is 6. The quantitative estimate of drug-likeness (QED) is 0.442. The van der Waals surface area contributed by atoms with Crippen molar-refractivity contribution in [3.8, 4) is 17.2 Å². The van der Waals surface area contributed by atoms with Gasteiger partial charge in [-0.25, -0.2) is 9.67 Å². The third-order valence-corrected chi connectivity index (χ3v) is 6.40. The zero-order valence-corrected chi connectivity index (χ0v) is 20.0. The second-order valence-corrected chi connectivity index (χ2v) is 8.43. The summed E-state index contributed by atoms with van der Waals surface area (Å²) in [6.07, 6.45) is 2.71. The highest BCUT2D eigenvalue weighted by Gasteiger charge is 2.29. The third-order valence-electron chi connectivity index (χ3n) is 6.40. The number of aromatic amines is 1. The monoisotopic (exact) mass is 473 g/mol. The maximum atomic E-state index is 13.6. The summed E-state index contributed by atoms with van der Waals surface area (Å²) < 4.78 is 12.5. The average Bonchev–Trinajstić information content (AvgIpc) is 3.50. The van der Waals surface area contributed by atoms with Crippen molar-refractivity contribution in [1.82, 2.24) is 24.6 Å². The van der Waals surface area contributed by atoms with Gasteiger partial charge in [-0.15, -0.1) is 0 Å². The standard InChI is InChI=1S/C26H27N5O4/c1-4-30(15-23-27-19-14-22(35-3)21(34-2)13-18(19)25(32)28-23)26(33)24-17-11-8-12-20(17)31(29-24)16-9-6-5-7-10-16/h5-7,9-10,13-14H,4,8,11-12,15H2,1-3H3,(H,27,28,32). The number of ether oxygens (including phenoxy) is 2. The number of fused-ring (bicyclic) bond motifs is 2. The Kier molecular flexibility index (Phi) is 5.98. The van der Waals surface area contributed by atoms with Gasteiger partial charge in [0.1, 0.15) is 5.82 Å². The number of rotatable bonds is 7. The van der Waals surface area contributed by atoms with Crippen molar-refractivity contribution in [2.75, 3.05) is 20.8 Å². The Labute approximate surface area is 202 Å². The van der Waals surface area contributed by atoms with Crippen molar-refractivity contribution < 1.29 is 14.3 Å². The van der Waals surface area contributed by atoms with Gasteiger partial charge in [-0.1, -0.05) is 18.2 Å². The first-order chi connectivity index (χ1) is 17.0. The summed E-state index contributed by atoms with van der Waals surface area (Å²) in [4.78, 5) is 35.5. The minimum atomic E-state index is -0.302. The van der Waals surface area contributed by atoms with E-state index in [9.17, 15) is 9.59 Å². The molecular formula is C26H27N5O4. The highest BCUT2D eigenvalue weighted by atomic mass is 16.5. The number of aromatic nitrogens is 4. The maximum Gasteiger partial charge on any atom is 0.275 e. The molecule has 0 atom stereocenters. The summed E-state index contributed by atoms with van der Waals surface area (Å²) in [6, 6.07) is 13.1. The minimum absolute atomic E-state index is 0.155. The normalized spacial score (nSPS) is 12.5. The van der Waals surface area contributed by atoms with Gasteiger partial charge in [0.25, 0.3) is 11.5 Å². The second-order valence-electron chi connectivity index (χ2n) is 8.43. The van der Waals surface area contributed by atoms with Crippen molar-refractivity contribution in [3.05, 3.63) is 75.6 Å². The molecule has 9 nitrogen and oxygen atoms in total. The van der Waals surface area contributed by atoms with Crippen molar-refractivity contribution in [1.29, 1.82) is 0 Å². The molecule has 4 aromatic rings. The van der Waals surface area contributed by atoms with Crippen LogP contribution >= 0.6 is 0 Å². The number of nitrogens with zero attached hydrogens (tertiary/aromatic N) is 4. The molecule has 0 saturated heterocycles. The fourth-order valence-electron chi connectivity index (χ4n) is 4.64. The summed E-state index contributed by atoms with van der Waals surface area (Å²) in [5.41, 5.74) is 3.68. The smallest absolute Gasteiger partial charge is 0.275 e. The van der Waals surface area contributed by atoms with Crippen molar-refractivity contribution in [2.45, 2.75) is 32.7 Å². The molecule has 35 heavy (non-hydrogen) atoms. The van der Waals surface area contributed by atoms with Gasteiger partial charge >= 0.3 is 0 Å². The van der Waals surface area contributed by atoms with Crippen LogP contribution in [0.3, 0.4) is 0 Å². The third kappa shape index (κ3) is 4.03. The largest absolute Gasteiger partial charge is 0.493 e. The number of methoxy groups -OCH3 is 2. The number of carbonyl (C=O) groups is 1. The van der Waals surface area contributed by atoms with E-state index in [0.29, 0.717) is 40.5 Å². The summed E-state index contributed by atoms with van der Waals surface area (Å²) in [6.45, 7) is 2.50. The molecule has 2 aromatic carbocycles. The lowest BCUT2D eigenvalue weighted by Crippen LogP contribution is -2.33. The van der Waals surface area contributed by atoms with E-state index in [4.69, 9.17) is 14.6 Å². The Hall–Kier alpha value is -4.14. The molecule has 1 amide bonds. The molecule has 2 aromatic heterocycles. The second kappa shape index (κ2) is 9.25. The molecule has 2 heterocycles. The van der Waals surface area contributed by atoms with Crippen LogP contribution in [0.15, 0.2) is 47.3 Å². The number of H-pyrrole nitrogens is 1. The summed E-state index contributed by atoms with van der Waals surface area (Å²) in [5.74, 6) is 1.15. The van der Waals surface area contributed by atoms with Gasteiger partial charge in [0.15, 0.2) is 17.2 Å². The zero-order chi connectivity index (χ0) is 24.5. The first kappa shape index (κ1) is 22.6. The Morgan fingerprint density at radius 2 is 1.86 bits per heavy atom. The minimum Gasteiger partial charge on any atom is -0.493 e. The number of nitrogens with one attached hydrogen (secondary N) is 1. The molecule has 0 radical (unpaired) electrons. The number of amides is 1. The van der Waals surface area contributed by atoms with Gasteiger partial charge in [-0.3, -0.25) is 9.59 Å². The lowest BCUT2D eigenvalue weighted by molar-refractivity contribution is 0.0741. The Morgan fingerprint density at radius 1 is 1.11 bits per heavy atom. The van der Waals surface area contributed by atoms with Gasteiger partial charge in [0.05, 0.1) is 37.4 Å². The van der Waals surface area contributed by atoms with E-state index in [1.165, 1.54) is 14.2 Å². The predicted octanol–water partition coefficient (Wildman–Crippen LogP) is 3.28. The fourth-order valence-corrected chi connectivity index (χ4v) is 4.64. The maximum absolute atomic E-state index is 13.6. The Morgan fingerprint density at radius 3 is 2.57 bits per heavy atom. The van der Waals surface area contributed by atoms with Gasteiger partial charge in [-0.05, 0) is 44.4 Å². The molecule has 1 N–H and O–H groups in total. The summed E-state index contributed by atoms with van der Waals surface area (Å²) in [5, 5.41) is 5.11. The molecule has 5 rings (SSSR count). The predicted molar refractivity (Wildman–Crippen MR) is 131 cm³/mol. The molecule has 0 saturated carbocycles. The van der Waals surface area contributed by atoms with Crippen LogP contribution in [0.5, 0.6) is 11.5 Å². The molecular weight excluding hydrogens is 446 g/mol. The van der Waals surface area contributed by atoms with E-state index in [-0.39, 0.29) is 18.0 Å².